The molecule has 120 valence electrons. The molecule has 1 aliphatic heterocycles. The number of thiophene rings is 1. The normalized spacial score (nSPS) is 15.1. The van der Waals surface area contributed by atoms with Crippen LogP contribution in [0.4, 0.5) is 5.69 Å². The zero-order chi connectivity index (χ0) is 16.1. The Morgan fingerprint density at radius 2 is 1.83 bits per heavy atom. The number of nitrogens with zero attached hydrogens (tertiary/aromatic N) is 1. The van der Waals surface area contributed by atoms with E-state index in [4.69, 9.17) is 0 Å². The standard InChI is InChI=1S/C17H19N3O2S/c21-16(19-20-9-2-1-3-10-20)13-6-4-7-14(12-13)18-17(22)15-8-5-11-23-15/h4-8,11-12H,1-3,9-10H2,(H,18,22)(H,19,21). The number of amides is 2. The van der Waals surface area contributed by atoms with E-state index in [0.29, 0.717) is 16.1 Å². The maximum absolute atomic E-state index is 12.3. The Bertz CT molecular complexity index is 679. The number of piperidine rings is 1. The van der Waals surface area contributed by atoms with Crippen molar-refractivity contribution in [2.75, 3.05) is 18.4 Å². The van der Waals surface area contributed by atoms with Gasteiger partial charge in [-0.1, -0.05) is 18.6 Å². The molecule has 2 amide bonds. The van der Waals surface area contributed by atoms with E-state index in [0.717, 1.165) is 25.9 Å². The van der Waals surface area contributed by atoms with Crippen molar-refractivity contribution in [3.63, 3.8) is 0 Å². The van der Waals surface area contributed by atoms with Crippen molar-refractivity contribution in [3.05, 3.63) is 52.2 Å². The molecule has 0 radical (unpaired) electrons. The van der Waals surface area contributed by atoms with Gasteiger partial charge >= 0.3 is 0 Å². The van der Waals surface area contributed by atoms with Crippen LogP contribution in [0.15, 0.2) is 41.8 Å². The molecule has 0 unspecified atom stereocenters. The first-order chi connectivity index (χ1) is 11.2. The number of rotatable bonds is 4. The summed E-state index contributed by atoms with van der Waals surface area (Å²) in [6, 6.07) is 10.6. The molecule has 1 aromatic carbocycles. The Morgan fingerprint density at radius 1 is 1.00 bits per heavy atom. The van der Waals surface area contributed by atoms with E-state index in [1.165, 1.54) is 17.8 Å². The second-order valence-corrected chi connectivity index (χ2v) is 6.45. The number of benzene rings is 1. The molecular formula is C17H19N3O2S. The van der Waals surface area contributed by atoms with Gasteiger partial charge in [-0.2, -0.15) is 0 Å². The molecule has 6 heteroatoms. The number of hydrogen-bond acceptors (Lipinski definition) is 4. The van der Waals surface area contributed by atoms with Gasteiger partial charge in [-0.3, -0.25) is 15.0 Å². The quantitative estimate of drug-likeness (QED) is 0.906. The largest absolute Gasteiger partial charge is 0.321 e. The van der Waals surface area contributed by atoms with Gasteiger partial charge in [0.15, 0.2) is 0 Å². The highest BCUT2D eigenvalue weighted by molar-refractivity contribution is 7.12. The van der Waals surface area contributed by atoms with Crippen LogP contribution >= 0.6 is 11.3 Å². The Hall–Kier alpha value is -2.18. The molecule has 1 aliphatic rings. The fourth-order valence-corrected chi connectivity index (χ4v) is 3.17. The molecule has 2 N–H and O–H groups in total. The predicted molar refractivity (Wildman–Crippen MR) is 91.6 cm³/mol. The van der Waals surface area contributed by atoms with E-state index in [1.54, 1.807) is 30.3 Å². The van der Waals surface area contributed by atoms with Crippen LogP contribution < -0.4 is 10.7 Å². The van der Waals surface area contributed by atoms with Gasteiger partial charge in [-0.25, -0.2) is 5.01 Å². The van der Waals surface area contributed by atoms with Crippen molar-refractivity contribution in [2.24, 2.45) is 0 Å². The Kier molecular flexibility index (Phi) is 5.05. The van der Waals surface area contributed by atoms with E-state index in [1.807, 2.05) is 16.5 Å². The van der Waals surface area contributed by atoms with Crippen LogP contribution in [-0.2, 0) is 0 Å². The van der Waals surface area contributed by atoms with Crippen LogP contribution in [0.25, 0.3) is 0 Å². The maximum atomic E-state index is 12.3. The highest BCUT2D eigenvalue weighted by atomic mass is 32.1. The van der Waals surface area contributed by atoms with Gasteiger partial charge in [0.05, 0.1) is 4.88 Å². The molecule has 23 heavy (non-hydrogen) atoms. The minimum absolute atomic E-state index is 0.140. The van der Waals surface area contributed by atoms with Crippen LogP contribution in [0, 0.1) is 0 Å². The average Bonchev–Trinajstić information content (AvgIpc) is 3.11. The third-order valence-corrected chi connectivity index (χ3v) is 4.61. The zero-order valence-corrected chi connectivity index (χ0v) is 13.6. The van der Waals surface area contributed by atoms with Crippen molar-refractivity contribution in [1.29, 1.82) is 0 Å². The predicted octanol–water partition coefficient (Wildman–Crippen LogP) is 3.13. The summed E-state index contributed by atoms with van der Waals surface area (Å²) >= 11 is 1.39. The summed E-state index contributed by atoms with van der Waals surface area (Å²) in [5, 5.41) is 6.64. The number of carbonyl (C=O) groups excluding carboxylic acids is 2. The molecule has 0 spiro atoms. The fourth-order valence-electron chi connectivity index (χ4n) is 2.55. The zero-order valence-electron chi connectivity index (χ0n) is 12.7. The van der Waals surface area contributed by atoms with Crippen molar-refractivity contribution < 1.29 is 9.59 Å². The molecule has 2 heterocycles. The summed E-state index contributed by atoms with van der Waals surface area (Å²) in [5.41, 5.74) is 4.09. The lowest BCUT2D eigenvalue weighted by atomic mass is 10.1. The summed E-state index contributed by atoms with van der Waals surface area (Å²) in [5.74, 6) is -0.298. The Labute approximate surface area is 139 Å². The number of anilines is 1. The highest BCUT2D eigenvalue weighted by Crippen LogP contribution is 2.15. The van der Waals surface area contributed by atoms with E-state index in [2.05, 4.69) is 10.7 Å². The molecule has 1 aromatic heterocycles. The van der Waals surface area contributed by atoms with E-state index < -0.39 is 0 Å². The van der Waals surface area contributed by atoms with Crippen molar-refractivity contribution in [1.82, 2.24) is 10.4 Å². The summed E-state index contributed by atoms with van der Waals surface area (Å²) in [7, 11) is 0. The van der Waals surface area contributed by atoms with Gasteiger partial charge < -0.3 is 5.32 Å². The first kappa shape index (κ1) is 15.7. The molecule has 2 aromatic rings. The number of nitrogens with one attached hydrogen (secondary N) is 2. The SMILES string of the molecule is O=C(NN1CCCCC1)c1cccc(NC(=O)c2cccs2)c1. The van der Waals surface area contributed by atoms with E-state index in [9.17, 15) is 9.59 Å². The maximum Gasteiger partial charge on any atom is 0.265 e. The van der Waals surface area contributed by atoms with Gasteiger partial charge in [0.25, 0.3) is 11.8 Å². The minimum Gasteiger partial charge on any atom is -0.321 e. The first-order valence-electron chi connectivity index (χ1n) is 7.73. The highest BCUT2D eigenvalue weighted by Gasteiger charge is 2.15. The van der Waals surface area contributed by atoms with Crippen LogP contribution in [0.5, 0.6) is 0 Å². The number of hydrogen-bond donors (Lipinski definition) is 2. The molecule has 5 nitrogen and oxygen atoms in total. The summed E-state index contributed by atoms with van der Waals surface area (Å²) < 4.78 is 0. The summed E-state index contributed by atoms with van der Waals surface area (Å²) in [6.07, 6.45) is 3.44. The van der Waals surface area contributed by atoms with Gasteiger partial charge in [0.1, 0.15) is 0 Å². The molecule has 0 atom stereocenters. The van der Waals surface area contributed by atoms with Crippen molar-refractivity contribution in [3.8, 4) is 0 Å². The average molecular weight is 329 g/mol. The van der Waals surface area contributed by atoms with Crippen LogP contribution in [0.2, 0.25) is 0 Å². The lowest BCUT2D eigenvalue weighted by Crippen LogP contribution is -2.45. The van der Waals surface area contributed by atoms with Crippen LogP contribution in [0.1, 0.15) is 39.3 Å². The molecule has 0 aliphatic carbocycles. The molecule has 3 rings (SSSR count). The summed E-state index contributed by atoms with van der Waals surface area (Å²) in [4.78, 5) is 25.0. The third kappa shape index (κ3) is 4.18. The van der Waals surface area contributed by atoms with Gasteiger partial charge in [-0.15, -0.1) is 11.3 Å². The van der Waals surface area contributed by atoms with Crippen LogP contribution in [-0.4, -0.2) is 29.9 Å². The fraction of sp³-hybridized carbons (Fsp3) is 0.294. The molecule has 1 fully saturated rings. The first-order valence-corrected chi connectivity index (χ1v) is 8.61. The second-order valence-electron chi connectivity index (χ2n) is 5.50. The number of hydrazine groups is 1. The molecule has 0 bridgehead atoms. The summed E-state index contributed by atoms with van der Waals surface area (Å²) in [6.45, 7) is 1.78. The lowest BCUT2D eigenvalue weighted by Gasteiger charge is -2.26. The Morgan fingerprint density at radius 3 is 2.57 bits per heavy atom. The lowest BCUT2D eigenvalue weighted by molar-refractivity contribution is 0.0750. The minimum atomic E-state index is -0.159. The topological polar surface area (TPSA) is 61.4 Å². The molecular weight excluding hydrogens is 310 g/mol. The molecule has 0 saturated carbocycles. The monoisotopic (exact) mass is 329 g/mol. The van der Waals surface area contributed by atoms with Crippen molar-refractivity contribution >= 4 is 28.8 Å². The number of carbonyl (C=O) groups is 2. The van der Waals surface area contributed by atoms with Gasteiger partial charge in [0.2, 0.25) is 0 Å². The van der Waals surface area contributed by atoms with Gasteiger partial charge in [-0.05, 0) is 42.5 Å². The Balaban J connectivity index is 1.64. The smallest absolute Gasteiger partial charge is 0.265 e. The third-order valence-electron chi connectivity index (χ3n) is 3.74. The van der Waals surface area contributed by atoms with Gasteiger partial charge in [0, 0.05) is 24.3 Å². The second kappa shape index (κ2) is 7.39. The molecule has 1 saturated heterocycles. The van der Waals surface area contributed by atoms with E-state index in [-0.39, 0.29) is 11.8 Å². The van der Waals surface area contributed by atoms with Crippen molar-refractivity contribution in [2.45, 2.75) is 19.3 Å². The van der Waals surface area contributed by atoms with Crippen LogP contribution in [0.3, 0.4) is 0 Å². The van der Waals surface area contributed by atoms with E-state index >= 15 is 0 Å².